The van der Waals surface area contributed by atoms with E-state index in [-0.39, 0.29) is 29.2 Å². The van der Waals surface area contributed by atoms with Gasteiger partial charge in [0.15, 0.2) is 0 Å². The number of rotatable bonds is 7. The minimum absolute atomic E-state index is 0.0444. The van der Waals surface area contributed by atoms with Crippen LogP contribution < -0.4 is 0 Å². The van der Waals surface area contributed by atoms with Gasteiger partial charge in [0.2, 0.25) is 15.9 Å². The summed E-state index contributed by atoms with van der Waals surface area (Å²) in [5.74, 6) is 0.177. The first kappa shape index (κ1) is 23.2. The standard InChI is InChI=1S/C23H30ClN3O5S/c24-16-3-5-19(6-4-16)33(31,32)27-20(15-1-2-15)11-17(25-30)12-21(27)23(8-9-23)13-22(29)26-10-7-18(28)14-26/h3-6,15,17-18,20-21,28H,1-2,7-14H2/t17-,18+,20-,21+/m0/s1. The number of aliphatic hydroxyl groups excluding tert-OH is 1. The molecule has 0 spiro atoms. The Bertz CT molecular complexity index is 1030. The maximum Gasteiger partial charge on any atom is 0.243 e. The first-order chi connectivity index (χ1) is 15.7. The molecule has 180 valence electrons. The van der Waals surface area contributed by atoms with Crippen molar-refractivity contribution in [3.05, 3.63) is 34.2 Å². The first-order valence-electron chi connectivity index (χ1n) is 11.8. The van der Waals surface area contributed by atoms with Crippen LogP contribution >= 0.6 is 11.6 Å². The summed E-state index contributed by atoms with van der Waals surface area (Å²) in [7, 11) is -3.85. The number of amides is 1. The number of benzene rings is 1. The molecule has 8 nitrogen and oxygen atoms in total. The lowest BCUT2D eigenvalue weighted by Gasteiger charge is -2.46. The minimum Gasteiger partial charge on any atom is -0.391 e. The Morgan fingerprint density at radius 3 is 2.39 bits per heavy atom. The third-order valence-corrected chi connectivity index (χ3v) is 10.2. The number of piperidine rings is 1. The van der Waals surface area contributed by atoms with Crippen LogP contribution in [0.1, 0.15) is 51.4 Å². The second-order valence-electron chi connectivity index (χ2n) is 10.3. The van der Waals surface area contributed by atoms with E-state index in [1.54, 1.807) is 21.3 Å². The van der Waals surface area contributed by atoms with Gasteiger partial charge < -0.3 is 10.0 Å². The number of β-amino-alcohol motifs (C(OH)–C–C–N with tert-alkyl or cyclic N) is 1. The van der Waals surface area contributed by atoms with Gasteiger partial charge in [0.05, 0.1) is 17.0 Å². The molecule has 2 heterocycles. The van der Waals surface area contributed by atoms with E-state index >= 15 is 0 Å². The van der Waals surface area contributed by atoms with Gasteiger partial charge in [-0.2, -0.15) is 9.21 Å². The van der Waals surface area contributed by atoms with Crippen molar-refractivity contribution in [1.82, 2.24) is 9.21 Å². The molecule has 1 amide bonds. The average Bonchev–Trinajstić information content (AvgIpc) is 3.72. The van der Waals surface area contributed by atoms with Gasteiger partial charge in [-0.3, -0.25) is 4.79 Å². The molecule has 0 radical (unpaired) electrons. The molecule has 1 N–H and O–H groups in total. The van der Waals surface area contributed by atoms with E-state index < -0.39 is 33.6 Å². The molecule has 1 aromatic carbocycles. The zero-order chi connectivity index (χ0) is 23.4. The van der Waals surface area contributed by atoms with E-state index in [2.05, 4.69) is 5.18 Å². The molecule has 4 atom stereocenters. The van der Waals surface area contributed by atoms with Crippen molar-refractivity contribution in [3.8, 4) is 0 Å². The molecule has 4 fully saturated rings. The number of hydrogen-bond acceptors (Lipinski definition) is 6. The third kappa shape index (κ3) is 4.45. The van der Waals surface area contributed by atoms with Gasteiger partial charge in [-0.05, 0) is 80.5 Å². The van der Waals surface area contributed by atoms with Crippen LogP contribution in [0, 0.1) is 16.2 Å². The lowest BCUT2D eigenvalue weighted by molar-refractivity contribution is -0.132. The third-order valence-electron chi connectivity index (χ3n) is 7.97. The number of carbonyl (C=O) groups excluding carboxylic acids is 1. The lowest BCUT2D eigenvalue weighted by Crippen LogP contribution is -2.57. The Hall–Kier alpha value is -1.55. The largest absolute Gasteiger partial charge is 0.391 e. The summed E-state index contributed by atoms with van der Waals surface area (Å²) >= 11 is 6.00. The fourth-order valence-corrected chi connectivity index (χ4v) is 7.91. The highest BCUT2D eigenvalue weighted by molar-refractivity contribution is 7.89. The molecule has 0 unspecified atom stereocenters. The SMILES string of the molecule is O=N[C@H]1C[C@@H](C2CC2)N(S(=O)(=O)c2ccc(Cl)cc2)[C@@H](C2(CC(=O)N3CC[C@@H](O)C3)CC2)C1. The number of likely N-dealkylation sites (tertiary alicyclic amines) is 1. The van der Waals surface area contributed by atoms with Crippen LogP contribution in [0.4, 0.5) is 0 Å². The highest BCUT2D eigenvalue weighted by atomic mass is 35.5. The van der Waals surface area contributed by atoms with Crippen molar-refractivity contribution < 1.29 is 18.3 Å². The number of carbonyl (C=O) groups is 1. The summed E-state index contributed by atoms with van der Waals surface area (Å²) in [5.41, 5.74) is -0.485. The van der Waals surface area contributed by atoms with Gasteiger partial charge in [0.25, 0.3) is 0 Å². The Labute approximate surface area is 199 Å². The van der Waals surface area contributed by atoms with Crippen LogP contribution in [0.2, 0.25) is 5.02 Å². The topological polar surface area (TPSA) is 107 Å². The van der Waals surface area contributed by atoms with Crippen LogP contribution in [0.25, 0.3) is 0 Å². The summed E-state index contributed by atoms with van der Waals surface area (Å²) in [6, 6.07) is 5.02. The summed E-state index contributed by atoms with van der Waals surface area (Å²) < 4.78 is 29.6. The fourth-order valence-electron chi connectivity index (χ4n) is 5.80. The van der Waals surface area contributed by atoms with Crippen molar-refractivity contribution in [2.45, 2.75) is 80.5 Å². The molecule has 0 bridgehead atoms. The Balaban J connectivity index is 1.49. The maximum absolute atomic E-state index is 14.0. The van der Waals surface area contributed by atoms with Crippen molar-refractivity contribution in [2.75, 3.05) is 13.1 Å². The van der Waals surface area contributed by atoms with Gasteiger partial charge in [0, 0.05) is 36.6 Å². The van der Waals surface area contributed by atoms with Crippen LogP contribution in [-0.2, 0) is 14.8 Å². The number of aliphatic hydroxyl groups is 1. The molecule has 4 aliphatic rings. The molecule has 33 heavy (non-hydrogen) atoms. The molecular formula is C23H30ClN3O5S. The molecule has 0 aromatic heterocycles. The zero-order valence-corrected chi connectivity index (χ0v) is 20.0. The van der Waals surface area contributed by atoms with E-state index in [0.717, 1.165) is 25.7 Å². The van der Waals surface area contributed by atoms with Gasteiger partial charge in [0.1, 0.15) is 0 Å². The van der Waals surface area contributed by atoms with Gasteiger partial charge in [-0.25, -0.2) is 8.42 Å². The number of sulfonamides is 1. The lowest BCUT2D eigenvalue weighted by atomic mass is 9.81. The minimum atomic E-state index is -3.85. The van der Waals surface area contributed by atoms with Crippen LogP contribution in [0.3, 0.4) is 0 Å². The molecule has 1 aromatic rings. The van der Waals surface area contributed by atoms with Crippen LogP contribution in [-0.4, -0.2) is 66.0 Å². The monoisotopic (exact) mass is 495 g/mol. The Kier molecular flexibility index (Phi) is 6.04. The highest BCUT2D eigenvalue weighted by Gasteiger charge is 2.60. The van der Waals surface area contributed by atoms with Crippen molar-refractivity contribution in [3.63, 3.8) is 0 Å². The van der Waals surface area contributed by atoms with Crippen molar-refractivity contribution >= 4 is 27.5 Å². The van der Waals surface area contributed by atoms with Gasteiger partial charge >= 0.3 is 0 Å². The summed E-state index contributed by atoms with van der Waals surface area (Å²) in [6.45, 7) is 0.854. The summed E-state index contributed by atoms with van der Waals surface area (Å²) in [5, 5.41) is 13.6. The molecule has 2 saturated carbocycles. The molecule has 2 saturated heterocycles. The van der Waals surface area contributed by atoms with Crippen molar-refractivity contribution in [2.24, 2.45) is 16.5 Å². The van der Waals surface area contributed by atoms with Crippen LogP contribution in [0.5, 0.6) is 0 Å². The van der Waals surface area contributed by atoms with Crippen molar-refractivity contribution in [1.29, 1.82) is 0 Å². The smallest absolute Gasteiger partial charge is 0.243 e. The van der Waals surface area contributed by atoms with Gasteiger partial charge in [-0.15, -0.1) is 0 Å². The first-order valence-corrected chi connectivity index (χ1v) is 13.6. The molecule has 2 aliphatic heterocycles. The summed E-state index contributed by atoms with van der Waals surface area (Å²) in [4.78, 5) is 26.6. The van der Waals surface area contributed by atoms with E-state index in [1.165, 1.54) is 12.1 Å². The number of hydrogen-bond donors (Lipinski definition) is 1. The zero-order valence-electron chi connectivity index (χ0n) is 18.5. The van der Waals surface area contributed by atoms with E-state index in [4.69, 9.17) is 11.6 Å². The highest BCUT2D eigenvalue weighted by Crippen LogP contribution is 2.59. The quantitative estimate of drug-likeness (QED) is 0.584. The van der Waals surface area contributed by atoms with E-state index in [0.29, 0.717) is 37.4 Å². The second-order valence-corrected chi connectivity index (χ2v) is 12.5. The number of nitrogens with zero attached hydrogens (tertiary/aromatic N) is 3. The van der Waals surface area contributed by atoms with Gasteiger partial charge in [-0.1, -0.05) is 16.8 Å². The Morgan fingerprint density at radius 2 is 1.85 bits per heavy atom. The normalized spacial score (nSPS) is 32.0. The number of halogens is 1. The maximum atomic E-state index is 14.0. The predicted molar refractivity (Wildman–Crippen MR) is 123 cm³/mol. The summed E-state index contributed by atoms with van der Waals surface area (Å²) in [6.07, 6.45) is 4.45. The molecular weight excluding hydrogens is 466 g/mol. The number of nitroso groups, excluding NO2 is 1. The molecule has 5 rings (SSSR count). The fraction of sp³-hybridized carbons (Fsp3) is 0.696. The Morgan fingerprint density at radius 1 is 1.15 bits per heavy atom. The predicted octanol–water partition coefficient (Wildman–Crippen LogP) is 3.17. The van der Waals surface area contributed by atoms with Crippen LogP contribution in [0.15, 0.2) is 34.3 Å². The van der Waals surface area contributed by atoms with E-state index in [9.17, 15) is 23.2 Å². The molecule has 2 aliphatic carbocycles. The second kappa shape index (κ2) is 8.59. The average molecular weight is 496 g/mol. The van der Waals surface area contributed by atoms with E-state index in [1.807, 2.05) is 0 Å². The molecule has 10 heteroatoms.